The summed E-state index contributed by atoms with van der Waals surface area (Å²) in [6.07, 6.45) is 1.48. The van der Waals surface area contributed by atoms with E-state index in [9.17, 15) is 14.9 Å². The van der Waals surface area contributed by atoms with Crippen LogP contribution >= 0.6 is 23.4 Å². The molecule has 0 radical (unpaired) electrons. The molecule has 0 saturated carbocycles. The number of nitrogens with one attached hydrogen (secondary N) is 1. The maximum absolute atomic E-state index is 10.4. The van der Waals surface area contributed by atoms with Crippen LogP contribution < -0.4 is 5.32 Å². The molecule has 0 bridgehead atoms. The number of halogens is 1. The lowest BCUT2D eigenvalue weighted by Crippen LogP contribution is -2.21. The molecule has 0 aliphatic carbocycles. The highest BCUT2D eigenvalue weighted by atomic mass is 35.5. The van der Waals surface area contributed by atoms with Gasteiger partial charge in [0.25, 0.3) is 6.20 Å². The van der Waals surface area contributed by atoms with Crippen LogP contribution in [0.25, 0.3) is 0 Å². The number of nitrogens with zero attached hydrogens (tertiary/aromatic N) is 1. The van der Waals surface area contributed by atoms with Crippen molar-refractivity contribution in [2.75, 3.05) is 12.3 Å². The fourth-order valence-corrected chi connectivity index (χ4v) is 1.58. The Labute approximate surface area is 91.0 Å². The molecule has 1 amide bonds. The first-order valence-electron chi connectivity index (χ1n) is 3.90. The van der Waals surface area contributed by atoms with E-state index in [4.69, 9.17) is 11.6 Å². The zero-order valence-corrected chi connectivity index (χ0v) is 9.23. The minimum atomic E-state index is -0.594. The molecule has 0 atom stereocenters. The highest BCUT2D eigenvalue weighted by Crippen LogP contribution is 2.19. The predicted molar refractivity (Wildman–Crippen MR) is 56.7 cm³/mol. The third-order valence-corrected chi connectivity index (χ3v) is 2.44. The second kappa shape index (κ2) is 7.64. The third-order valence-electron chi connectivity index (χ3n) is 1.14. The first-order chi connectivity index (χ1) is 6.52. The van der Waals surface area contributed by atoms with Gasteiger partial charge in [0.1, 0.15) is 4.36 Å². The van der Waals surface area contributed by atoms with Crippen molar-refractivity contribution in [1.82, 2.24) is 5.32 Å². The molecule has 0 spiro atoms. The summed E-state index contributed by atoms with van der Waals surface area (Å²) in [5, 5.41) is 12.6. The number of carbonyl (C=O) groups is 1. The van der Waals surface area contributed by atoms with Crippen LogP contribution in [0.3, 0.4) is 0 Å². The summed E-state index contributed by atoms with van der Waals surface area (Å²) in [6.45, 7) is 2.00. The van der Waals surface area contributed by atoms with Crippen LogP contribution in [-0.4, -0.2) is 23.1 Å². The van der Waals surface area contributed by atoms with E-state index in [1.54, 1.807) is 0 Å². The van der Waals surface area contributed by atoms with Gasteiger partial charge in [-0.15, -0.1) is 11.8 Å². The van der Waals surface area contributed by atoms with E-state index in [-0.39, 0.29) is 10.3 Å². The van der Waals surface area contributed by atoms with Crippen LogP contribution in [-0.2, 0) is 4.79 Å². The van der Waals surface area contributed by atoms with Gasteiger partial charge in [-0.2, -0.15) is 0 Å². The third kappa shape index (κ3) is 9.34. The molecule has 0 aromatic heterocycles. The molecule has 14 heavy (non-hydrogen) atoms. The van der Waals surface area contributed by atoms with Crippen molar-refractivity contribution in [3.63, 3.8) is 0 Å². The highest BCUT2D eigenvalue weighted by molar-refractivity contribution is 8.04. The maximum atomic E-state index is 10.4. The smallest absolute Gasteiger partial charge is 0.259 e. The second-order valence-electron chi connectivity index (χ2n) is 2.40. The van der Waals surface area contributed by atoms with Gasteiger partial charge in [-0.05, 0) is 6.42 Å². The van der Waals surface area contributed by atoms with Crippen molar-refractivity contribution in [1.29, 1.82) is 0 Å². The molecule has 0 aliphatic heterocycles. The SMILES string of the molecule is CC(=O)NCCCS/C(Cl)=C/[N+](=O)[O-]. The van der Waals surface area contributed by atoms with E-state index in [1.807, 2.05) is 0 Å². The highest BCUT2D eigenvalue weighted by Gasteiger charge is 1.99. The van der Waals surface area contributed by atoms with Gasteiger partial charge in [-0.1, -0.05) is 11.6 Å². The van der Waals surface area contributed by atoms with Gasteiger partial charge in [0.05, 0.1) is 4.92 Å². The molecule has 0 rings (SSSR count). The van der Waals surface area contributed by atoms with E-state index in [1.165, 1.54) is 18.7 Å². The largest absolute Gasteiger partial charge is 0.356 e. The van der Waals surface area contributed by atoms with Crippen molar-refractivity contribution in [2.24, 2.45) is 0 Å². The van der Waals surface area contributed by atoms with E-state index in [2.05, 4.69) is 5.32 Å². The van der Waals surface area contributed by atoms with Crippen LogP contribution in [0.2, 0.25) is 0 Å². The number of amides is 1. The molecule has 7 heteroatoms. The van der Waals surface area contributed by atoms with Crippen LogP contribution in [0.5, 0.6) is 0 Å². The fraction of sp³-hybridized carbons (Fsp3) is 0.571. The molecule has 0 aromatic carbocycles. The normalized spacial score (nSPS) is 11.1. The van der Waals surface area contributed by atoms with Crippen molar-refractivity contribution >= 4 is 29.3 Å². The number of carbonyl (C=O) groups excluding carboxylic acids is 1. The van der Waals surface area contributed by atoms with Crippen LogP contribution in [0, 0.1) is 10.1 Å². The Morgan fingerprint density at radius 3 is 2.86 bits per heavy atom. The van der Waals surface area contributed by atoms with Crippen LogP contribution in [0.1, 0.15) is 13.3 Å². The zero-order chi connectivity index (χ0) is 11.0. The number of nitro groups is 1. The predicted octanol–water partition coefficient (Wildman–Crippen LogP) is 1.56. The van der Waals surface area contributed by atoms with Gasteiger partial charge in [0.2, 0.25) is 5.91 Å². The monoisotopic (exact) mass is 238 g/mol. The fourth-order valence-electron chi connectivity index (χ4n) is 0.626. The number of rotatable bonds is 6. The van der Waals surface area contributed by atoms with Crippen LogP contribution in [0.4, 0.5) is 0 Å². The van der Waals surface area contributed by atoms with Gasteiger partial charge in [-0.25, -0.2) is 0 Å². The van der Waals surface area contributed by atoms with Crippen LogP contribution in [0.15, 0.2) is 10.6 Å². The zero-order valence-electron chi connectivity index (χ0n) is 7.66. The molecule has 0 fully saturated rings. The van der Waals surface area contributed by atoms with Gasteiger partial charge >= 0.3 is 0 Å². The lowest BCUT2D eigenvalue weighted by molar-refractivity contribution is -0.402. The lowest BCUT2D eigenvalue weighted by Gasteiger charge is -2.00. The Balaban J connectivity index is 3.45. The molecule has 0 saturated heterocycles. The Hall–Kier alpha value is -0.750. The molecule has 5 nitrogen and oxygen atoms in total. The topological polar surface area (TPSA) is 72.2 Å². The van der Waals surface area contributed by atoms with Gasteiger partial charge < -0.3 is 5.32 Å². The Morgan fingerprint density at radius 2 is 2.36 bits per heavy atom. The summed E-state index contributed by atoms with van der Waals surface area (Å²) in [6, 6.07) is 0. The molecule has 80 valence electrons. The molecule has 1 N–H and O–H groups in total. The molecule has 0 heterocycles. The molecular weight excluding hydrogens is 228 g/mol. The van der Waals surface area contributed by atoms with Gasteiger partial charge in [-0.3, -0.25) is 14.9 Å². The van der Waals surface area contributed by atoms with E-state index < -0.39 is 4.92 Å². The van der Waals surface area contributed by atoms with Gasteiger partial charge in [0, 0.05) is 19.2 Å². The minimum Gasteiger partial charge on any atom is -0.356 e. The molecule has 0 aliphatic rings. The first-order valence-corrected chi connectivity index (χ1v) is 5.27. The van der Waals surface area contributed by atoms with Gasteiger partial charge in [0.15, 0.2) is 0 Å². The first kappa shape index (κ1) is 13.2. The minimum absolute atomic E-state index is 0.0815. The summed E-state index contributed by atoms with van der Waals surface area (Å²) >= 11 is 6.70. The number of hydrogen-bond acceptors (Lipinski definition) is 4. The standard InChI is InChI=1S/C7H11ClN2O3S/c1-6(11)9-3-2-4-14-7(8)5-10(12)13/h5H,2-4H2,1H3,(H,9,11)/b7-5+. The van der Waals surface area contributed by atoms with Crippen molar-refractivity contribution in [3.8, 4) is 0 Å². The average molecular weight is 239 g/mol. The van der Waals surface area contributed by atoms with E-state index in [0.29, 0.717) is 12.3 Å². The summed E-state index contributed by atoms with van der Waals surface area (Å²) < 4.78 is 0.151. The molecule has 0 aromatic rings. The Bertz CT molecular complexity index is 245. The van der Waals surface area contributed by atoms with Crippen molar-refractivity contribution in [3.05, 3.63) is 20.7 Å². The average Bonchev–Trinajstić information content (AvgIpc) is 2.01. The number of thioether (sulfide) groups is 1. The second-order valence-corrected chi connectivity index (χ2v) is 4.17. The molecular formula is C7H11ClN2O3S. The summed E-state index contributed by atoms with van der Waals surface area (Å²) in [4.78, 5) is 19.8. The summed E-state index contributed by atoms with van der Waals surface area (Å²) in [5.41, 5.74) is 0. The maximum Gasteiger partial charge on any atom is 0.259 e. The number of hydrogen-bond donors (Lipinski definition) is 1. The quantitative estimate of drug-likeness (QED) is 0.433. The van der Waals surface area contributed by atoms with Crippen molar-refractivity contribution in [2.45, 2.75) is 13.3 Å². The molecule has 0 unspecified atom stereocenters. The Kier molecular flexibility index (Phi) is 7.23. The summed E-state index contributed by atoms with van der Waals surface area (Å²) in [5.74, 6) is 0.561. The Morgan fingerprint density at radius 1 is 1.71 bits per heavy atom. The summed E-state index contributed by atoms with van der Waals surface area (Å²) in [7, 11) is 0. The van der Waals surface area contributed by atoms with E-state index in [0.717, 1.165) is 12.6 Å². The van der Waals surface area contributed by atoms with Crippen molar-refractivity contribution < 1.29 is 9.72 Å². The van der Waals surface area contributed by atoms with E-state index >= 15 is 0 Å². The lowest BCUT2D eigenvalue weighted by atomic mass is 10.5.